The second-order valence-electron chi connectivity index (χ2n) is 4.92. The summed E-state index contributed by atoms with van der Waals surface area (Å²) in [4.78, 5) is 11.1. The zero-order chi connectivity index (χ0) is 12.9. The molecule has 0 aliphatic heterocycles. The molecule has 0 heterocycles. The second kappa shape index (κ2) is 6.06. The van der Waals surface area contributed by atoms with Crippen molar-refractivity contribution >= 4 is 16.8 Å². The predicted molar refractivity (Wildman–Crippen MR) is 70.5 cm³/mol. The van der Waals surface area contributed by atoms with Gasteiger partial charge in [0.25, 0.3) is 0 Å². The van der Waals surface area contributed by atoms with E-state index in [0.717, 1.165) is 18.6 Å². The van der Waals surface area contributed by atoms with E-state index in [9.17, 15) is 4.79 Å². The molecule has 0 aliphatic carbocycles. The molecule has 0 saturated carbocycles. The molecule has 0 aliphatic rings. The Kier molecular flexibility index (Phi) is 5.01. The van der Waals surface area contributed by atoms with Crippen molar-refractivity contribution < 1.29 is 9.53 Å². The Morgan fingerprint density at radius 2 is 1.88 bits per heavy atom. The van der Waals surface area contributed by atoms with Crippen molar-refractivity contribution in [3.8, 4) is 5.75 Å². The largest absolute Gasteiger partial charge is 0.494 e. The van der Waals surface area contributed by atoms with E-state index in [1.807, 2.05) is 45.0 Å². The van der Waals surface area contributed by atoms with Gasteiger partial charge in [-0.3, -0.25) is 4.79 Å². The third kappa shape index (κ3) is 4.78. The van der Waals surface area contributed by atoms with Gasteiger partial charge in [-0.25, -0.2) is 0 Å². The minimum Gasteiger partial charge on any atom is -0.494 e. The fraction of sp³-hybridized carbons (Fsp3) is 0.500. The number of benzene rings is 1. The third-order valence-corrected chi connectivity index (χ3v) is 3.28. The smallest absolute Gasteiger partial charge is 0.227 e. The first-order valence-corrected chi connectivity index (χ1v) is 6.19. The van der Waals surface area contributed by atoms with Crippen molar-refractivity contribution in [2.24, 2.45) is 5.41 Å². The van der Waals surface area contributed by atoms with Crippen LogP contribution < -0.4 is 4.74 Å². The van der Waals surface area contributed by atoms with E-state index in [4.69, 9.17) is 16.3 Å². The van der Waals surface area contributed by atoms with Crippen molar-refractivity contribution in [1.29, 1.82) is 0 Å². The summed E-state index contributed by atoms with van der Waals surface area (Å²) in [5, 5.41) is -0.284. The predicted octanol–water partition coefficient (Wildman–Crippen LogP) is 3.95. The lowest BCUT2D eigenvalue weighted by Crippen LogP contribution is -2.20. The first-order chi connectivity index (χ1) is 7.92. The Morgan fingerprint density at radius 1 is 1.29 bits per heavy atom. The van der Waals surface area contributed by atoms with Crippen LogP contribution in [-0.4, -0.2) is 11.8 Å². The highest BCUT2D eigenvalue weighted by atomic mass is 35.5. The molecule has 94 valence electrons. The summed E-state index contributed by atoms with van der Waals surface area (Å²) in [6.45, 7) is 6.36. The number of halogens is 1. The monoisotopic (exact) mass is 254 g/mol. The molecule has 0 spiro atoms. The van der Waals surface area contributed by atoms with Gasteiger partial charge in [0, 0.05) is 5.41 Å². The molecular weight excluding hydrogens is 236 g/mol. The summed E-state index contributed by atoms with van der Waals surface area (Å²) in [7, 11) is 0. The van der Waals surface area contributed by atoms with Gasteiger partial charge in [0.2, 0.25) is 5.24 Å². The fourth-order valence-electron chi connectivity index (χ4n) is 1.44. The van der Waals surface area contributed by atoms with Crippen LogP contribution in [-0.2, 0) is 4.79 Å². The van der Waals surface area contributed by atoms with Crippen LogP contribution in [0.25, 0.3) is 0 Å². The van der Waals surface area contributed by atoms with E-state index in [0.29, 0.717) is 6.61 Å². The normalized spacial score (nSPS) is 11.3. The van der Waals surface area contributed by atoms with E-state index in [1.54, 1.807) is 0 Å². The van der Waals surface area contributed by atoms with Crippen molar-refractivity contribution in [2.75, 3.05) is 6.61 Å². The molecule has 1 aromatic carbocycles. The quantitative estimate of drug-likeness (QED) is 0.568. The molecule has 3 heteroatoms. The summed E-state index contributed by atoms with van der Waals surface area (Å²) in [5.74, 6) is 0.866. The van der Waals surface area contributed by atoms with Gasteiger partial charge in [-0.15, -0.1) is 0 Å². The summed E-state index contributed by atoms with van der Waals surface area (Å²) >= 11 is 5.50. The van der Waals surface area contributed by atoms with Crippen LogP contribution in [0.2, 0.25) is 0 Å². The van der Waals surface area contributed by atoms with E-state index < -0.39 is 5.41 Å². The lowest BCUT2D eigenvalue weighted by atomic mass is 9.90. The molecule has 1 rings (SSSR count). The zero-order valence-electron chi connectivity index (χ0n) is 10.6. The Hall–Kier alpha value is -1.02. The number of carbonyl (C=O) groups is 1. The van der Waals surface area contributed by atoms with Gasteiger partial charge in [0.15, 0.2) is 0 Å². The summed E-state index contributed by atoms with van der Waals surface area (Å²) in [6.07, 6.45) is 1.56. The molecule has 0 saturated heterocycles. The topological polar surface area (TPSA) is 26.3 Å². The van der Waals surface area contributed by atoms with Crippen molar-refractivity contribution in [1.82, 2.24) is 0 Å². The molecule has 0 radical (unpaired) electrons. The molecule has 0 amide bonds. The Balaban J connectivity index is 2.29. The second-order valence-corrected chi connectivity index (χ2v) is 5.27. The summed E-state index contributed by atoms with van der Waals surface area (Å²) in [6, 6.07) is 7.93. The molecule has 0 N–H and O–H groups in total. The number of hydrogen-bond acceptors (Lipinski definition) is 2. The van der Waals surface area contributed by atoms with E-state index >= 15 is 0 Å². The van der Waals surface area contributed by atoms with Gasteiger partial charge >= 0.3 is 0 Å². The Labute approximate surface area is 108 Å². The minimum atomic E-state index is -0.460. The number of aryl methyl sites for hydroxylation is 1. The highest BCUT2D eigenvalue weighted by Gasteiger charge is 2.24. The number of rotatable bonds is 6. The minimum absolute atomic E-state index is 0.284. The lowest BCUT2D eigenvalue weighted by Gasteiger charge is -2.19. The SMILES string of the molecule is Cc1ccc(OCCCC(C)(C)C(=O)Cl)cc1. The van der Waals surface area contributed by atoms with Crippen LogP contribution in [0.1, 0.15) is 32.3 Å². The first-order valence-electron chi connectivity index (χ1n) is 5.81. The number of carbonyl (C=O) groups excluding carboxylic acids is 1. The molecule has 0 unspecified atom stereocenters. The molecular formula is C14H19ClO2. The van der Waals surface area contributed by atoms with E-state index in [2.05, 4.69) is 0 Å². The van der Waals surface area contributed by atoms with E-state index in [-0.39, 0.29) is 5.24 Å². The van der Waals surface area contributed by atoms with Crippen LogP contribution in [0, 0.1) is 12.3 Å². The summed E-state index contributed by atoms with van der Waals surface area (Å²) in [5.41, 5.74) is 0.754. The van der Waals surface area contributed by atoms with Gasteiger partial charge in [-0.2, -0.15) is 0 Å². The first kappa shape index (κ1) is 14.0. The molecule has 0 bridgehead atoms. The zero-order valence-corrected chi connectivity index (χ0v) is 11.4. The van der Waals surface area contributed by atoms with E-state index in [1.165, 1.54) is 5.56 Å². The number of ether oxygens (including phenoxy) is 1. The lowest BCUT2D eigenvalue weighted by molar-refractivity contribution is -0.119. The maximum Gasteiger partial charge on any atom is 0.227 e. The fourth-order valence-corrected chi connectivity index (χ4v) is 1.53. The maximum atomic E-state index is 11.1. The van der Waals surface area contributed by atoms with Gasteiger partial charge in [-0.1, -0.05) is 31.5 Å². The van der Waals surface area contributed by atoms with Crippen molar-refractivity contribution in [2.45, 2.75) is 33.6 Å². The van der Waals surface area contributed by atoms with Crippen LogP contribution in [0.3, 0.4) is 0 Å². The molecule has 1 aromatic rings. The van der Waals surface area contributed by atoms with Gasteiger partial charge in [0.1, 0.15) is 5.75 Å². The Bertz CT molecular complexity index is 368. The number of hydrogen-bond donors (Lipinski definition) is 0. The van der Waals surface area contributed by atoms with Crippen LogP contribution in [0.15, 0.2) is 24.3 Å². The average molecular weight is 255 g/mol. The molecule has 0 aromatic heterocycles. The van der Waals surface area contributed by atoms with Crippen LogP contribution >= 0.6 is 11.6 Å². The van der Waals surface area contributed by atoms with Gasteiger partial charge < -0.3 is 4.74 Å². The van der Waals surface area contributed by atoms with Crippen molar-refractivity contribution in [3.05, 3.63) is 29.8 Å². The van der Waals surface area contributed by atoms with Crippen LogP contribution in [0.4, 0.5) is 0 Å². The Morgan fingerprint density at radius 3 is 2.41 bits per heavy atom. The van der Waals surface area contributed by atoms with Gasteiger partial charge in [0.05, 0.1) is 6.61 Å². The maximum absolute atomic E-state index is 11.1. The average Bonchev–Trinajstić information content (AvgIpc) is 2.26. The highest BCUT2D eigenvalue weighted by molar-refractivity contribution is 6.64. The highest BCUT2D eigenvalue weighted by Crippen LogP contribution is 2.25. The molecule has 0 atom stereocenters. The third-order valence-electron chi connectivity index (χ3n) is 2.77. The standard InChI is InChI=1S/C14H19ClO2/c1-11-5-7-12(8-6-11)17-10-4-9-14(2,3)13(15)16/h5-8H,4,9-10H2,1-3H3. The van der Waals surface area contributed by atoms with Gasteiger partial charge in [-0.05, 0) is 43.5 Å². The molecule has 17 heavy (non-hydrogen) atoms. The molecule has 0 fully saturated rings. The van der Waals surface area contributed by atoms with Crippen molar-refractivity contribution in [3.63, 3.8) is 0 Å². The summed E-state index contributed by atoms with van der Waals surface area (Å²) < 4.78 is 5.58. The molecule has 2 nitrogen and oxygen atoms in total. The van der Waals surface area contributed by atoms with Crippen LogP contribution in [0.5, 0.6) is 5.75 Å².